The third-order valence-electron chi connectivity index (χ3n) is 7.01. The fraction of sp³-hybridized carbons (Fsp3) is 0.520. The largest absolute Gasteiger partial charge is 0.330 e. The summed E-state index contributed by atoms with van der Waals surface area (Å²) in [6.45, 7) is 3.84. The van der Waals surface area contributed by atoms with Gasteiger partial charge in [-0.05, 0) is 81.3 Å². The van der Waals surface area contributed by atoms with Gasteiger partial charge in [0.2, 0.25) is 0 Å². The Morgan fingerprint density at radius 2 is 1.97 bits per heavy atom. The molecule has 0 bridgehead atoms. The number of aromatic nitrogens is 3. The number of hydrogen-bond acceptors (Lipinski definition) is 4. The number of imidazole rings is 1. The number of pyridine rings is 1. The predicted octanol–water partition coefficient (Wildman–Crippen LogP) is 4.46. The van der Waals surface area contributed by atoms with E-state index in [-0.39, 0.29) is 0 Å². The van der Waals surface area contributed by atoms with E-state index in [1.807, 2.05) is 6.20 Å². The second kappa shape index (κ2) is 8.86. The van der Waals surface area contributed by atoms with E-state index in [4.69, 9.17) is 15.7 Å². The highest BCUT2D eigenvalue weighted by atomic mass is 15.2. The monoisotopic (exact) mass is 403 g/mol. The Kier molecular flexibility index (Phi) is 5.82. The molecule has 1 aromatic carbocycles. The van der Waals surface area contributed by atoms with E-state index in [1.165, 1.54) is 54.7 Å². The minimum absolute atomic E-state index is 0.439. The van der Waals surface area contributed by atoms with Crippen LogP contribution < -0.4 is 5.73 Å². The van der Waals surface area contributed by atoms with Crippen LogP contribution in [0, 0.1) is 5.92 Å². The molecule has 3 aromatic rings. The fourth-order valence-electron chi connectivity index (χ4n) is 5.57. The molecule has 2 aromatic heterocycles. The van der Waals surface area contributed by atoms with Gasteiger partial charge in [-0.15, -0.1) is 0 Å². The molecule has 5 heteroatoms. The van der Waals surface area contributed by atoms with Crippen LogP contribution in [0.25, 0.3) is 11.0 Å². The average molecular weight is 404 g/mol. The summed E-state index contributed by atoms with van der Waals surface area (Å²) >= 11 is 0. The molecule has 5 rings (SSSR count). The van der Waals surface area contributed by atoms with Gasteiger partial charge in [0, 0.05) is 12.7 Å². The van der Waals surface area contributed by atoms with Gasteiger partial charge < -0.3 is 10.3 Å². The van der Waals surface area contributed by atoms with Crippen molar-refractivity contribution >= 4 is 11.0 Å². The summed E-state index contributed by atoms with van der Waals surface area (Å²) in [6, 6.07) is 13.4. The molecule has 2 aliphatic rings. The molecule has 2 N–H and O–H groups in total. The highest BCUT2D eigenvalue weighted by Crippen LogP contribution is 2.43. The third-order valence-corrected chi connectivity index (χ3v) is 7.01. The third kappa shape index (κ3) is 3.77. The Morgan fingerprint density at radius 1 is 1.03 bits per heavy atom. The SMILES string of the molecule is NCCCCCn1c(CN2CCCC3CCc4cccnc4[C@H]32)nc2ccccc21. The Labute approximate surface area is 179 Å². The zero-order valence-electron chi connectivity index (χ0n) is 17.8. The molecule has 1 fully saturated rings. The Bertz CT molecular complexity index is 994. The molecule has 3 heterocycles. The fourth-order valence-corrected chi connectivity index (χ4v) is 5.57. The van der Waals surface area contributed by atoms with Crippen LogP contribution in [0.4, 0.5) is 0 Å². The van der Waals surface area contributed by atoms with Crippen LogP contribution in [0.2, 0.25) is 0 Å². The van der Waals surface area contributed by atoms with Crippen molar-refractivity contribution in [3.63, 3.8) is 0 Å². The van der Waals surface area contributed by atoms with Crippen molar-refractivity contribution in [3.8, 4) is 0 Å². The summed E-state index contributed by atoms with van der Waals surface area (Å²) in [6.07, 6.45) is 10.5. The summed E-state index contributed by atoms with van der Waals surface area (Å²) in [5, 5.41) is 0. The summed E-state index contributed by atoms with van der Waals surface area (Å²) in [5.74, 6) is 1.93. The number of aryl methyl sites for hydroxylation is 2. The van der Waals surface area contributed by atoms with Crippen molar-refractivity contribution in [2.45, 2.75) is 64.1 Å². The van der Waals surface area contributed by atoms with E-state index in [2.05, 4.69) is 45.9 Å². The predicted molar refractivity (Wildman–Crippen MR) is 121 cm³/mol. The summed E-state index contributed by atoms with van der Waals surface area (Å²) in [7, 11) is 0. The molecule has 2 atom stereocenters. The van der Waals surface area contributed by atoms with Crippen molar-refractivity contribution < 1.29 is 0 Å². The van der Waals surface area contributed by atoms with Gasteiger partial charge in [0.05, 0.1) is 29.3 Å². The van der Waals surface area contributed by atoms with Gasteiger partial charge in [-0.3, -0.25) is 9.88 Å². The normalized spacial score (nSPS) is 21.5. The summed E-state index contributed by atoms with van der Waals surface area (Å²) in [5.41, 5.74) is 10.8. The van der Waals surface area contributed by atoms with Crippen LogP contribution in [-0.4, -0.2) is 32.5 Å². The van der Waals surface area contributed by atoms with E-state index in [0.717, 1.165) is 50.5 Å². The first-order valence-electron chi connectivity index (χ1n) is 11.7. The van der Waals surface area contributed by atoms with Crippen LogP contribution >= 0.6 is 0 Å². The van der Waals surface area contributed by atoms with E-state index in [1.54, 1.807) is 0 Å². The number of fused-ring (bicyclic) bond motifs is 4. The average Bonchev–Trinajstić information content (AvgIpc) is 3.13. The minimum atomic E-state index is 0.439. The number of piperidine rings is 1. The molecular weight excluding hydrogens is 370 g/mol. The number of nitrogens with zero attached hydrogens (tertiary/aromatic N) is 4. The van der Waals surface area contributed by atoms with Crippen LogP contribution in [-0.2, 0) is 19.5 Å². The quantitative estimate of drug-likeness (QED) is 0.592. The van der Waals surface area contributed by atoms with Crippen molar-refractivity contribution in [1.82, 2.24) is 19.4 Å². The van der Waals surface area contributed by atoms with Gasteiger partial charge in [-0.25, -0.2) is 4.98 Å². The number of unbranched alkanes of at least 4 members (excludes halogenated alkanes) is 2. The first kappa shape index (κ1) is 19.7. The first-order valence-corrected chi connectivity index (χ1v) is 11.7. The van der Waals surface area contributed by atoms with Crippen molar-refractivity contribution in [2.24, 2.45) is 11.7 Å². The maximum atomic E-state index is 5.70. The van der Waals surface area contributed by atoms with Crippen LogP contribution in [0.15, 0.2) is 42.6 Å². The first-order chi connectivity index (χ1) is 14.8. The molecule has 0 radical (unpaired) electrons. The van der Waals surface area contributed by atoms with Gasteiger partial charge in [0.1, 0.15) is 5.82 Å². The number of likely N-dealkylation sites (tertiary alicyclic amines) is 1. The van der Waals surface area contributed by atoms with E-state index in [9.17, 15) is 0 Å². The minimum Gasteiger partial charge on any atom is -0.330 e. The topological polar surface area (TPSA) is 60.0 Å². The highest BCUT2D eigenvalue weighted by molar-refractivity contribution is 5.75. The van der Waals surface area contributed by atoms with E-state index < -0.39 is 0 Å². The summed E-state index contributed by atoms with van der Waals surface area (Å²) < 4.78 is 2.46. The molecule has 1 aliphatic carbocycles. The van der Waals surface area contributed by atoms with Crippen molar-refractivity contribution in [1.29, 1.82) is 0 Å². The zero-order chi connectivity index (χ0) is 20.3. The molecule has 0 spiro atoms. The molecule has 1 unspecified atom stereocenters. The lowest BCUT2D eigenvalue weighted by molar-refractivity contribution is 0.0664. The summed E-state index contributed by atoms with van der Waals surface area (Å²) in [4.78, 5) is 12.6. The Hall–Kier alpha value is -2.24. The van der Waals surface area contributed by atoms with Crippen molar-refractivity contribution in [2.75, 3.05) is 13.1 Å². The van der Waals surface area contributed by atoms with Crippen LogP contribution in [0.3, 0.4) is 0 Å². The molecule has 1 aliphatic heterocycles. The van der Waals surface area contributed by atoms with Crippen molar-refractivity contribution in [3.05, 3.63) is 59.7 Å². The number of para-hydroxylation sites is 2. The second-order valence-electron chi connectivity index (χ2n) is 8.92. The maximum absolute atomic E-state index is 5.70. The number of hydrogen-bond donors (Lipinski definition) is 1. The van der Waals surface area contributed by atoms with E-state index in [0.29, 0.717) is 6.04 Å². The second-order valence-corrected chi connectivity index (χ2v) is 8.92. The van der Waals surface area contributed by atoms with Gasteiger partial charge in [0.25, 0.3) is 0 Å². The lowest BCUT2D eigenvalue weighted by Crippen LogP contribution is -2.41. The van der Waals surface area contributed by atoms with Gasteiger partial charge in [-0.2, -0.15) is 0 Å². The Morgan fingerprint density at radius 3 is 2.90 bits per heavy atom. The van der Waals surface area contributed by atoms with Gasteiger partial charge >= 0.3 is 0 Å². The van der Waals surface area contributed by atoms with Gasteiger partial charge in [0.15, 0.2) is 0 Å². The maximum Gasteiger partial charge on any atom is 0.124 e. The highest BCUT2D eigenvalue weighted by Gasteiger charge is 2.38. The number of rotatable bonds is 7. The molecule has 1 saturated heterocycles. The van der Waals surface area contributed by atoms with E-state index >= 15 is 0 Å². The van der Waals surface area contributed by atoms with Crippen LogP contribution in [0.5, 0.6) is 0 Å². The molecule has 30 heavy (non-hydrogen) atoms. The number of benzene rings is 1. The molecule has 5 nitrogen and oxygen atoms in total. The standard InChI is InChI=1S/C25H33N5/c26-14-4-1-5-17-30-22-11-3-2-10-21(22)28-23(30)18-29-16-7-9-20-13-12-19-8-6-15-27-24(19)25(20)29/h2-3,6,8,10-11,15,20,25H,1,4-5,7,9,12-14,16-18,26H2/t20?,25-/m0/s1. The molecule has 158 valence electrons. The zero-order valence-corrected chi connectivity index (χ0v) is 17.8. The molecule has 0 amide bonds. The van der Waals surface area contributed by atoms with Crippen LogP contribution in [0.1, 0.15) is 61.6 Å². The lowest BCUT2D eigenvalue weighted by atomic mass is 9.77. The smallest absolute Gasteiger partial charge is 0.124 e. The molecular formula is C25H33N5. The Balaban J connectivity index is 1.45. The lowest BCUT2D eigenvalue weighted by Gasteiger charge is -2.44. The molecule has 0 saturated carbocycles. The van der Waals surface area contributed by atoms with Gasteiger partial charge in [-0.1, -0.05) is 24.6 Å². The number of nitrogens with two attached hydrogens (primary N) is 1.